The molecule has 3 heterocycles. The first-order valence-corrected chi connectivity index (χ1v) is 9.99. The van der Waals surface area contributed by atoms with Crippen molar-refractivity contribution in [3.05, 3.63) is 60.2 Å². The van der Waals surface area contributed by atoms with Crippen LogP contribution in [0.1, 0.15) is 44.1 Å². The van der Waals surface area contributed by atoms with Gasteiger partial charge in [-0.05, 0) is 36.3 Å². The molecule has 0 amide bonds. The number of hydrogen-bond acceptors (Lipinski definition) is 4. The Morgan fingerprint density at radius 2 is 1.63 bits per heavy atom. The van der Waals surface area contributed by atoms with Crippen molar-refractivity contribution in [1.82, 2.24) is 0 Å². The highest BCUT2D eigenvalue weighted by Crippen LogP contribution is 2.55. The van der Waals surface area contributed by atoms with Crippen molar-refractivity contribution in [2.45, 2.75) is 56.2 Å². The summed E-state index contributed by atoms with van der Waals surface area (Å²) in [5.41, 5.74) is 2.90. The van der Waals surface area contributed by atoms with Crippen LogP contribution in [0.2, 0.25) is 0 Å². The minimum absolute atomic E-state index is 0.396. The molecule has 1 aliphatic carbocycles. The van der Waals surface area contributed by atoms with Gasteiger partial charge in [0.05, 0.1) is 0 Å². The van der Waals surface area contributed by atoms with Crippen molar-refractivity contribution in [3.8, 4) is 11.1 Å². The fraction of sp³-hybridized carbons (Fsp3) is 0.478. The topological polar surface area (TPSA) is 36.9 Å². The van der Waals surface area contributed by atoms with E-state index >= 15 is 0 Å². The summed E-state index contributed by atoms with van der Waals surface area (Å²) in [7, 11) is 1.71. The summed E-state index contributed by atoms with van der Waals surface area (Å²) < 4.78 is 12.2. The molecular formula is C23H26O4. The summed E-state index contributed by atoms with van der Waals surface area (Å²) in [6.07, 6.45) is 5.86. The second-order valence-electron chi connectivity index (χ2n) is 7.98. The molecule has 4 fully saturated rings. The average molecular weight is 366 g/mol. The lowest BCUT2D eigenvalue weighted by Gasteiger charge is -2.49. The molecule has 1 spiro atoms. The summed E-state index contributed by atoms with van der Waals surface area (Å²) in [4.78, 5) is 12.1. The van der Waals surface area contributed by atoms with Crippen molar-refractivity contribution >= 4 is 0 Å². The van der Waals surface area contributed by atoms with E-state index in [4.69, 9.17) is 19.2 Å². The molecule has 1 saturated carbocycles. The number of ether oxygens (including phenoxy) is 2. The van der Waals surface area contributed by atoms with Gasteiger partial charge >= 0.3 is 0 Å². The molecule has 0 aromatic heterocycles. The van der Waals surface area contributed by atoms with Crippen LogP contribution >= 0.6 is 0 Å². The third-order valence-corrected chi connectivity index (χ3v) is 6.56. The first-order valence-electron chi connectivity index (χ1n) is 9.99. The fourth-order valence-corrected chi connectivity index (χ4v) is 5.05. The normalized spacial score (nSPS) is 35.4. The lowest BCUT2D eigenvalue weighted by molar-refractivity contribution is -0.558. The maximum Gasteiger partial charge on any atom is 0.230 e. The molecule has 6 rings (SSSR count). The standard InChI is InChI=1S/C23H26O4/c1-24-21-22-15-6-5-9-19(22)14-16-23(25-21,27-26-22)20-12-10-18(11-13-20)17-7-3-2-4-8-17/h2-4,7-8,10-13,19,21H,5-6,9,14-16H2,1H3/t19-,21+,22+,23+/m1/s1. The largest absolute Gasteiger partial charge is 0.353 e. The SMILES string of the molecule is CO[C@H]1O[C@@]2(c3ccc(-c4ccccc4)cc3)CC[C@H]3CCCC[C@]31OO2. The molecular weight excluding hydrogens is 340 g/mol. The number of fused-ring (bicyclic) bond motifs is 3. The first kappa shape index (κ1) is 17.4. The van der Waals surface area contributed by atoms with Crippen molar-refractivity contribution in [2.75, 3.05) is 7.11 Å². The quantitative estimate of drug-likeness (QED) is 0.702. The van der Waals surface area contributed by atoms with E-state index in [1.807, 2.05) is 6.07 Å². The Morgan fingerprint density at radius 1 is 0.852 bits per heavy atom. The predicted molar refractivity (Wildman–Crippen MR) is 102 cm³/mol. The van der Waals surface area contributed by atoms with Crippen LogP contribution in [-0.4, -0.2) is 19.0 Å². The Morgan fingerprint density at radius 3 is 2.41 bits per heavy atom. The van der Waals surface area contributed by atoms with Gasteiger partial charge in [0.25, 0.3) is 0 Å². The highest BCUT2D eigenvalue weighted by molar-refractivity contribution is 5.63. The fourth-order valence-electron chi connectivity index (χ4n) is 5.05. The van der Waals surface area contributed by atoms with E-state index in [0.29, 0.717) is 5.92 Å². The maximum absolute atomic E-state index is 6.47. The van der Waals surface area contributed by atoms with Crippen LogP contribution in [-0.2, 0) is 25.0 Å². The van der Waals surface area contributed by atoms with E-state index in [1.54, 1.807) is 7.11 Å². The summed E-state index contributed by atoms with van der Waals surface area (Å²) in [6, 6.07) is 18.8. The molecule has 2 aromatic carbocycles. The second-order valence-corrected chi connectivity index (χ2v) is 7.98. The van der Waals surface area contributed by atoms with Crippen molar-refractivity contribution < 1.29 is 19.2 Å². The molecule has 4 aliphatic rings. The van der Waals surface area contributed by atoms with Crippen molar-refractivity contribution in [2.24, 2.45) is 5.92 Å². The smallest absolute Gasteiger partial charge is 0.230 e. The maximum atomic E-state index is 6.47. The third-order valence-electron chi connectivity index (χ3n) is 6.56. The molecule has 0 radical (unpaired) electrons. The molecule has 0 N–H and O–H groups in total. The van der Waals surface area contributed by atoms with Gasteiger partial charge < -0.3 is 9.47 Å². The zero-order valence-corrected chi connectivity index (χ0v) is 15.7. The summed E-state index contributed by atoms with van der Waals surface area (Å²) >= 11 is 0. The van der Waals surface area contributed by atoms with Gasteiger partial charge in [-0.2, -0.15) is 4.89 Å². The van der Waals surface area contributed by atoms with Gasteiger partial charge in [0.1, 0.15) is 0 Å². The predicted octanol–water partition coefficient (Wildman–Crippen LogP) is 5.18. The summed E-state index contributed by atoms with van der Waals surface area (Å²) in [6.45, 7) is 0. The van der Waals surface area contributed by atoms with E-state index < -0.39 is 17.7 Å². The molecule has 3 saturated heterocycles. The van der Waals surface area contributed by atoms with E-state index in [0.717, 1.165) is 37.7 Å². The van der Waals surface area contributed by atoms with E-state index in [1.165, 1.54) is 17.5 Å². The second kappa shape index (κ2) is 6.71. The summed E-state index contributed by atoms with van der Waals surface area (Å²) in [5, 5.41) is 0. The Kier molecular flexibility index (Phi) is 4.32. The van der Waals surface area contributed by atoms with Gasteiger partial charge in [-0.1, -0.05) is 67.4 Å². The zero-order valence-electron chi connectivity index (χ0n) is 15.7. The van der Waals surface area contributed by atoms with Gasteiger partial charge in [0, 0.05) is 19.1 Å². The van der Waals surface area contributed by atoms with E-state index in [-0.39, 0.29) is 0 Å². The van der Waals surface area contributed by atoms with Crippen LogP contribution in [0.4, 0.5) is 0 Å². The molecule has 2 aromatic rings. The number of hydrogen-bond donors (Lipinski definition) is 0. The van der Waals surface area contributed by atoms with Crippen LogP contribution < -0.4 is 0 Å². The minimum atomic E-state index is -0.890. The van der Waals surface area contributed by atoms with Gasteiger partial charge in [-0.3, -0.25) is 0 Å². The molecule has 4 atom stereocenters. The minimum Gasteiger partial charge on any atom is -0.353 e. The Hall–Kier alpha value is -1.72. The summed E-state index contributed by atoms with van der Waals surface area (Å²) in [5.74, 6) is -0.470. The lowest BCUT2D eigenvalue weighted by Crippen LogP contribution is -2.59. The van der Waals surface area contributed by atoms with E-state index in [2.05, 4.69) is 48.5 Å². The Bertz CT molecular complexity index is 786. The highest BCUT2D eigenvalue weighted by Gasteiger charge is 2.61. The van der Waals surface area contributed by atoms with Gasteiger partial charge in [-0.15, -0.1) is 0 Å². The molecule has 4 heteroatoms. The number of benzene rings is 2. The van der Waals surface area contributed by atoms with Crippen LogP contribution in [0, 0.1) is 5.92 Å². The van der Waals surface area contributed by atoms with Crippen LogP contribution in [0.25, 0.3) is 11.1 Å². The molecule has 3 aliphatic heterocycles. The highest BCUT2D eigenvalue weighted by atomic mass is 17.3. The van der Waals surface area contributed by atoms with Gasteiger partial charge in [0.15, 0.2) is 11.9 Å². The number of methoxy groups -OCH3 is 1. The lowest BCUT2D eigenvalue weighted by atomic mass is 9.73. The monoisotopic (exact) mass is 366 g/mol. The van der Waals surface area contributed by atoms with Crippen molar-refractivity contribution in [1.29, 1.82) is 0 Å². The van der Waals surface area contributed by atoms with E-state index in [9.17, 15) is 0 Å². The average Bonchev–Trinajstić information content (AvgIpc) is 3.01. The zero-order chi connectivity index (χ0) is 18.3. The molecule has 142 valence electrons. The molecule has 2 bridgehead atoms. The molecule has 0 unspecified atom stereocenters. The first-order chi connectivity index (χ1) is 13.3. The van der Waals surface area contributed by atoms with Gasteiger partial charge in [-0.25, -0.2) is 4.89 Å². The molecule has 4 nitrogen and oxygen atoms in total. The van der Waals surface area contributed by atoms with Crippen molar-refractivity contribution in [3.63, 3.8) is 0 Å². The van der Waals surface area contributed by atoms with Crippen LogP contribution in [0.3, 0.4) is 0 Å². The Balaban J connectivity index is 1.48. The third kappa shape index (κ3) is 2.74. The van der Waals surface area contributed by atoms with Gasteiger partial charge in [0.2, 0.25) is 5.79 Å². The van der Waals surface area contributed by atoms with Crippen LogP contribution in [0.5, 0.6) is 0 Å². The Labute approximate surface area is 160 Å². The van der Waals surface area contributed by atoms with Crippen LogP contribution in [0.15, 0.2) is 54.6 Å². The number of rotatable bonds is 3. The molecule has 27 heavy (non-hydrogen) atoms.